The number of aromatic hydroxyl groups is 2. The number of rotatable bonds is 2. The highest BCUT2D eigenvalue weighted by Crippen LogP contribution is 2.44. The van der Waals surface area contributed by atoms with Gasteiger partial charge in [-0.2, -0.15) is 0 Å². The van der Waals surface area contributed by atoms with Crippen molar-refractivity contribution in [2.75, 3.05) is 0 Å². The molecule has 0 aromatic heterocycles. The lowest BCUT2D eigenvalue weighted by atomic mass is 10.0. The summed E-state index contributed by atoms with van der Waals surface area (Å²) in [7, 11) is 0. The van der Waals surface area contributed by atoms with E-state index in [2.05, 4.69) is 10.2 Å². The van der Waals surface area contributed by atoms with Crippen LogP contribution >= 0.6 is 0 Å². The molecule has 5 nitrogen and oxygen atoms in total. The van der Waals surface area contributed by atoms with Crippen LogP contribution in [0.1, 0.15) is 15.9 Å². The molecule has 5 heteroatoms. The van der Waals surface area contributed by atoms with Gasteiger partial charge in [0.15, 0.2) is 0 Å². The van der Waals surface area contributed by atoms with Gasteiger partial charge in [-0.25, -0.2) is 0 Å². The highest BCUT2D eigenvalue weighted by molar-refractivity contribution is 6.01. The van der Waals surface area contributed by atoms with Gasteiger partial charge in [-0.1, -0.05) is 42.5 Å². The molecule has 0 radical (unpaired) electrons. The number of fused-ring (bicyclic) bond motifs is 1. The average Bonchev–Trinajstić information content (AvgIpc) is 2.60. The molecule has 114 valence electrons. The maximum Gasteiger partial charge on any atom is 0.295 e. The maximum absolute atomic E-state index is 12.0. The minimum atomic E-state index is -0.500. The van der Waals surface area contributed by atoms with Crippen LogP contribution in [0.3, 0.4) is 0 Å². The Balaban J connectivity index is 2.10. The zero-order valence-corrected chi connectivity index (χ0v) is 12.4. The summed E-state index contributed by atoms with van der Waals surface area (Å²) in [4.78, 5) is 12.0. The van der Waals surface area contributed by atoms with Crippen LogP contribution in [0.25, 0.3) is 10.8 Å². The number of nitrogens with zero attached hydrogens (tertiary/aromatic N) is 2. The molecule has 0 fully saturated rings. The summed E-state index contributed by atoms with van der Waals surface area (Å²) < 4.78 is 0. The first-order valence-electron chi connectivity index (χ1n) is 7.04. The molecule has 0 saturated heterocycles. The average molecular weight is 306 g/mol. The van der Waals surface area contributed by atoms with E-state index < -0.39 is 5.91 Å². The Morgan fingerprint density at radius 3 is 2.17 bits per heavy atom. The van der Waals surface area contributed by atoms with Crippen LogP contribution < -0.4 is 0 Å². The van der Waals surface area contributed by atoms with Gasteiger partial charge in [0.05, 0.1) is 0 Å². The van der Waals surface area contributed by atoms with Crippen molar-refractivity contribution in [3.63, 3.8) is 0 Å². The Morgan fingerprint density at radius 2 is 1.48 bits per heavy atom. The van der Waals surface area contributed by atoms with E-state index in [1.807, 2.05) is 0 Å². The van der Waals surface area contributed by atoms with Crippen molar-refractivity contribution in [2.24, 2.45) is 10.2 Å². The molecular formula is C18H14N2O3. The van der Waals surface area contributed by atoms with Gasteiger partial charge in [-0.05, 0) is 19.1 Å². The molecule has 0 unspecified atom stereocenters. The molecular weight excluding hydrogens is 292 g/mol. The molecule has 2 N–H and O–H groups in total. The number of phenols is 2. The summed E-state index contributed by atoms with van der Waals surface area (Å²) in [5, 5.41) is 29.0. The van der Waals surface area contributed by atoms with Gasteiger partial charge >= 0.3 is 0 Å². The van der Waals surface area contributed by atoms with Crippen molar-refractivity contribution in [2.45, 2.75) is 6.92 Å². The zero-order chi connectivity index (χ0) is 16.4. The highest BCUT2D eigenvalue weighted by Gasteiger charge is 2.16. The van der Waals surface area contributed by atoms with Crippen LogP contribution in [0, 0.1) is 6.92 Å². The lowest BCUT2D eigenvalue weighted by molar-refractivity contribution is 0.0995. The standard InChI is InChI=1S/C18H14N2O3/c1-11-16(21)14-10-6-5-9-13(14)15(17(11)22)19-20-18(23)12-7-3-2-4-8-12/h2-10,21-22H,1H3. The van der Waals surface area contributed by atoms with E-state index in [-0.39, 0.29) is 17.2 Å². The smallest absolute Gasteiger partial charge is 0.295 e. The van der Waals surface area contributed by atoms with Crippen molar-refractivity contribution in [1.82, 2.24) is 0 Å². The molecule has 0 bridgehead atoms. The summed E-state index contributed by atoms with van der Waals surface area (Å²) in [5.74, 6) is -0.697. The Morgan fingerprint density at radius 1 is 0.870 bits per heavy atom. The fourth-order valence-corrected chi connectivity index (χ4v) is 2.35. The Labute approximate surface area is 132 Å². The van der Waals surface area contributed by atoms with Crippen molar-refractivity contribution in [3.05, 3.63) is 65.7 Å². The second-order valence-corrected chi connectivity index (χ2v) is 5.09. The van der Waals surface area contributed by atoms with Crippen LogP contribution in [0.15, 0.2) is 64.8 Å². The van der Waals surface area contributed by atoms with Crippen LogP contribution in [-0.2, 0) is 0 Å². The molecule has 3 aromatic carbocycles. The first kappa shape index (κ1) is 14.7. The second-order valence-electron chi connectivity index (χ2n) is 5.09. The lowest BCUT2D eigenvalue weighted by Crippen LogP contribution is -1.92. The second kappa shape index (κ2) is 5.88. The topological polar surface area (TPSA) is 82.2 Å². The molecule has 0 aliphatic heterocycles. The summed E-state index contributed by atoms with van der Waals surface area (Å²) in [6, 6.07) is 15.5. The molecule has 23 heavy (non-hydrogen) atoms. The molecule has 3 aromatic rings. The Kier molecular flexibility index (Phi) is 3.76. The van der Waals surface area contributed by atoms with Gasteiger partial charge in [-0.15, -0.1) is 10.2 Å². The maximum atomic E-state index is 12.0. The van der Waals surface area contributed by atoms with Crippen LogP contribution in [0.4, 0.5) is 5.69 Å². The quantitative estimate of drug-likeness (QED) is 0.685. The molecule has 0 spiro atoms. The Hall–Kier alpha value is -3.21. The number of carbonyl (C=O) groups is 1. The molecule has 3 rings (SSSR count). The summed E-state index contributed by atoms with van der Waals surface area (Å²) in [6.45, 7) is 1.58. The monoisotopic (exact) mass is 306 g/mol. The van der Waals surface area contributed by atoms with Crippen LogP contribution in [-0.4, -0.2) is 16.1 Å². The first-order valence-corrected chi connectivity index (χ1v) is 7.04. The normalized spacial score (nSPS) is 11.2. The molecule has 0 saturated carbocycles. The number of azo groups is 1. The van der Waals surface area contributed by atoms with Crippen molar-refractivity contribution >= 4 is 22.4 Å². The number of hydrogen-bond acceptors (Lipinski definition) is 4. The number of phenolic OH excluding ortho intramolecular Hbond substituents is 2. The zero-order valence-electron chi connectivity index (χ0n) is 12.4. The third-order valence-corrected chi connectivity index (χ3v) is 3.63. The largest absolute Gasteiger partial charge is 0.507 e. The van der Waals surface area contributed by atoms with E-state index in [0.717, 1.165) is 0 Å². The minimum absolute atomic E-state index is 0.00793. The third-order valence-electron chi connectivity index (χ3n) is 3.63. The number of benzene rings is 3. The summed E-state index contributed by atoms with van der Waals surface area (Å²) in [6.07, 6.45) is 0. The van der Waals surface area contributed by atoms with Gasteiger partial charge in [0.2, 0.25) is 0 Å². The van der Waals surface area contributed by atoms with Gasteiger partial charge in [0.1, 0.15) is 17.2 Å². The van der Waals surface area contributed by atoms with E-state index in [1.54, 1.807) is 61.5 Å². The van der Waals surface area contributed by atoms with E-state index in [1.165, 1.54) is 0 Å². The number of amides is 1. The van der Waals surface area contributed by atoms with Gasteiger partial charge < -0.3 is 10.2 Å². The van der Waals surface area contributed by atoms with Crippen molar-refractivity contribution in [3.8, 4) is 11.5 Å². The predicted molar refractivity (Wildman–Crippen MR) is 87.3 cm³/mol. The molecule has 1 amide bonds. The SMILES string of the molecule is Cc1c(O)c(N=NC(=O)c2ccccc2)c2ccccc2c1O. The van der Waals surface area contributed by atoms with Crippen molar-refractivity contribution < 1.29 is 15.0 Å². The summed E-state index contributed by atoms with van der Waals surface area (Å²) >= 11 is 0. The van der Waals surface area contributed by atoms with E-state index >= 15 is 0 Å². The van der Waals surface area contributed by atoms with E-state index in [9.17, 15) is 15.0 Å². The van der Waals surface area contributed by atoms with Gasteiger partial charge in [0, 0.05) is 21.9 Å². The Bertz CT molecular complexity index is 918. The van der Waals surface area contributed by atoms with Crippen LogP contribution in [0.5, 0.6) is 11.5 Å². The van der Waals surface area contributed by atoms with E-state index in [4.69, 9.17) is 0 Å². The summed E-state index contributed by atoms with van der Waals surface area (Å²) in [5.41, 5.74) is 0.875. The highest BCUT2D eigenvalue weighted by atomic mass is 16.3. The van der Waals surface area contributed by atoms with Gasteiger partial charge in [0.25, 0.3) is 5.91 Å². The van der Waals surface area contributed by atoms with E-state index in [0.29, 0.717) is 21.9 Å². The fourth-order valence-electron chi connectivity index (χ4n) is 2.35. The first-order chi connectivity index (χ1) is 11.1. The third kappa shape index (κ3) is 2.64. The molecule has 0 heterocycles. The number of carbonyl (C=O) groups excluding carboxylic acids is 1. The fraction of sp³-hybridized carbons (Fsp3) is 0.0556. The molecule has 0 aliphatic carbocycles. The van der Waals surface area contributed by atoms with Gasteiger partial charge in [-0.3, -0.25) is 4.79 Å². The number of hydrogen-bond donors (Lipinski definition) is 2. The molecule has 0 atom stereocenters. The van der Waals surface area contributed by atoms with Crippen molar-refractivity contribution in [1.29, 1.82) is 0 Å². The minimum Gasteiger partial charge on any atom is -0.507 e. The predicted octanol–water partition coefficient (Wildman–Crippen LogP) is 4.48. The van der Waals surface area contributed by atoms with Crippen LogP contribution in [0.2, 0.25) is 0 Å². The molecule has 0 aliphatic rings. The lowest BCUT2D eigenvalue weighted by Gasteiger charge is -2.10.